The Morgan fingerprint density at radius 1 is 1.44 bits per heavy atom. The predicted octanol–water partition coefficient (Wildman–Crippen LogP) is 1.93. The summed E-state index contributed by atoms with van der Waals surface area (Å²) in [6.07, 6.45) is 6.14. The van der Waals surface area contributed by atoms with Gasteiger partial charge in [-0.25, -0.2) is 0 Å². The molecule has 1 fully saturated rings. The summed E-state index contributed by atoms with van der Waals surface area (Å²) in [4.78, 5) is 13.2. The second kappa shape index (κ2) is 6.69. The molecular weight excluding hydrogens is 200 g/mol. The van der Waals surface area contributed by atoms with Gasteiger partial charge in [-0.1, -0.05) is 11.6 Å². The second-order valence-electron chi connectivity index (χ2n) is 4.86. The van der Waals surface area contributed by atoms with E-state index in [1.807, 2.05) is 0 Å². The Morgan fingerprint density at radius 2 is 2.06 bits per heavy atom. The topological polar surface area (TPSA) is 46.3 Å². The van der Waals surface area contributed by atoms with Crippen LogP contribution >= 0.6 is 0 Å². The molecule has 0 radical (unpaired) electrons. The Kier molecular flexibility index (Phi) is 5.53. The smallest absolute Gasteiger partial charge is 0.217 e. The maximum absolute atomic E-state index is 10.7. The highest BCUT2D eigenvalue weighted by molar-refractivity contribution is 5.73. The van der Waals surface area contributed by atoms with Crippen LogP contribution < -0.4 is 5.73 Å². The zero-order chi connectivity index (χ0) is 12.0. The molecule has 92 valence electrons. The Hall–Kier alpha value is -0.830. The van der Waals surface area contributed by atoms with Gasteiger partial charge in [0.05, 0.1) is 0 Å². The van der Waals surface area contributed by atoms with Crippen molar-refractivity contribution in [2.24, 2.45) is 11.7 Å². The Balaban J connectivity index is 2.20. The zero-order valence-corrected chi connectivity index (χ0v) is 10.5. The largest absolute Gasteiger partial charge is 0.370 e. The van der Waals surface area contributed by atoms with Crippen molar-refractivity contribution >= 4 is 5.91 Å². The van der Waals surface area contributed by atoms with Crippen molar-refractivity contribution in [3.8, 4) is 0 Å². The maximum Gasteiger partial charge on any atom is 0.217 e. The molecule has 0 aliphatic carbocycles. The molecule has 0 atom stereocenters. The van der Waals surface area contributed by atoms with Gasteiger partial charge in [0.1, 0.15) is 0 Å². The van der Waals surface area contributed by atoms with Gasteiger partial charge in [0, 0.05) is 13.0 Å². The molecule has 1 aliphatic heterocycles. The van der Waals surface area contributed by atoms with Gasteiger partial charge in [-0.3, -0.25) is 9.69 Å². The highest BCUT2D eigenvalue weighted by Gasteiger charge is 2.19. The van der Waals surface area contributed by atoms with Crippen LogP contribution in [0.5, 0.6) is 0 Å². The molecule has 0 bridgehead atoms. The van der Waals surface area contributed by atoms with E-state index in [2.05, 4.69) is 24.8 Å². The Bertz CT molecular complexity index is 253. The minimum atomic E-state index is -0.160. The summed E-state index contributed by atoms with van der Waals surface area (Å²) < 4.78 is 0. The summed E-state index contributed by atoms with van der Waals surface area (Å²) in [5.41, 5.74) is 6.60. The summed E-state index contributed by atoms with van der Waals surface area (Å²) in [6.45, 7) is 7.69. The van der Waals surface area contributed by atoms with Crippen molar-refractivity contribution < 1.29 is 4.79 Å². The summed E-state index contributed by atoms with van der Waals surface area (Å²) in [7, 11) is 0. The molecule has 0 aromatic rings. The summed E-state index contributed by atoms with van der Waals surface area (Å²) in [5, 5.41) is 0. The highest BCUT2D eigenvalue weighted by atomic mass is 16.1. The van der Waals surface area contributed by atoms with Crippen molar-refractivity contribution in [2.45, 2.75) is 39.5 Å². The number of allylic oxidation sites excluding steroid dienone is 1. The van der Waals surface area contributed by atoms with Gasteiger partial charge in [0.2, 0.25) is 5.91 Å². The third kappa shape index (κ3) is 4.79. The van der Waals surface area contributed by atoms with Gasteiger partial charge in [-0.2, -0.15) is 0 Å². The number of likely N-dealkylation sites (tertiary alicyclic amines) is 1. The van der Waals surface area contributed by atoms with E-state index < -0.39 is 0 Å². The van der Waals surface area contributed by atoms with E-state index in [0.29, 0.717) is 12.3 Å². The van der Waals surface area contributed by atoms with Crippen LogP contribution in [-0.4, -0.2) is 30.4 Å². The van der Waals surface area contributed by atoms with E-state index in [1.165, 1.54) is 18.4 Å². The lowest BCUT2D eigenvalue weighted by molar-refractivity contribution is -0.118. The number of amides is 1. The molecular formula is C13H24N2O. The molecule has 2 N–H and O–H groups in total. The summed E-state index contributed by atoms with van der Waals surface area (Å²) in [6, 6.07) is 0. The number of carbonyl (C=O) groups is 1. The highest BCUT2D eigenvalue weighted by Crippen LogP contribution is 2.22. The quantitative estimate of drug-likeness (QED) is 0.725. The lowest BCUT2D eigenvalue weighted by Gasteiger charge is -2.32. The van der Waals surface area contributed by atoms with Gasteiger partial charge in [-0.15, -0.1) is 0 Å². The van der Waals surface area contributed by atoms with E-state index in [4.69, 9.17) is 5.73 Å². The first kappa shape index (κ1) is 13.2. The minimum absolute atomic E-state index is 0.160. The molecule has 1 aliphatic rings. The van der Waals surface area contributed by atoms with Crippen molar-refractivity contribution in [2.75, 3.05) is 19.6 Å². The molecule has 0 aromatic heterocycles. The first-order valence-electron chi connectivity index (χ1n) is 6.24. The average Bonchev–Trinajstić information content (AvgIpc) is 2.28. The number of carbonyl (C=O) groups excluding carboxylic acids is 1. The van der Waals surface area contributed by atoms with Gasteiger partial charge < -0.3 is 5.73 Å². The second-order valence-corrected chi connectivity index (χ2v) is 4.86. The van der Waals surface area contributed by atoms with E-state index in [-0.39, 0.29) is 5.91 Å². The van der Waals surface area contributed by atoms with E-state index in [9.17, 15) is 4.79 Å². The Morgan fingerprint density at radius 3 is 2.56 bits per heavy atom. The SMILES string of the molecule is C/C=C(\C)CN1CCC(CCC(N)=O)CC1. The fraction of sp³-hybridized carbons (Fsp3) is 0.769. The van der Waals surface area contributed by atoms with Crippen molar-refractivity contribution in [3.63, 3.8) is 0 Å². The van der Waals surface area contributed by atoms with Crippen LogP contribution in [0, 0.1) is 5.92 Å². The van der Waals surface area contributed by atoms with Crippen molar-refractivity contribution in [1.29, 1.82) is 0 Å². The number of hydrogen-bond donors (Lipinski definition) is 1. The van der Waals surface area contributed by atoms with E-state index >= 15 is 0 Å². The molecule has 3 nitrogen and oxygen atoms in total. The molecule has 3 heteroatoms. The lowest BCUT2D eigenvalue weighted by Crippen LogP contribution is -2.35. The third-order valence-electron chi connectivity index (χ3n) is 3.47. The predicted molar refractivity (Wildman–Crippen MR) is 67.0 cm³/mol. The molecule has 1 amide bonds. The number of piperidine rings is 1. The van der Waals surface area contributed by atoms with Crippen LogP contribution in [0.2, 0.25) is 0 Å². The Labute approximate surface area is 98.7 Å². The van der Waals surface area contributed by atoms with Crippen molar-refractivity contribution in [1.82, 2.24) is 4.90 Å². The van der Waals surface area contributed by atoms with Crippen LogP contribution in [0.1, 0.15) is 39.5 Å². The fourth-order valence-corrected chi connectivity index (χ4v) is 2.22. The number of rotatable bonds is 5. The zero-order valence-electron chi connectivity index (χ0n) is 10.5. The number of hydrogen-bond acceptors (Lipinski definition) is 2. The van der Waals surface area contributed by atoms with Crippen LogP contribution in [0.15, 0.2) is 11.6 Å². The maximum atomic E-state index is 10.7. The van der Waals surface area contributed by atoms with Crippen LogP contribution in [-0.2, 0) is 4.79 Å². The molecule has 0 unspecified atom stereocenters. The molecule has 16 heavy (non-hydrogen) atoms. The first-order valence-corrected chi connectivity index (χ1v) is 6.24. The standard InChI is InChI=1S/C13H24N2O/c1-3-11(2)10-15-8-6-12(7-9-15)4-5-13(14)16/h3,12H,4-10H2,1-2H3,(H2,14,16)/b11-3+. The summed E-state index contributed by atoms with van der Waals surface area (Å²) >= 11 is 0. The number of nitrogens with two attached hydrogens (primary N) is 1. The number of primary amides is 1. The lowest BCUT2D eigenvalue weighted by atomic mass is 9.92. The molecule has 0 spiro atoms. The first-order chi connectivity index (χ1) is 7.61. The van der Waals surface area contributed by atoms with Gasteiger partial charge in [0.25, 0.3) is 0 Å². The van der Waals surface area contributed by atoms with Crippen LogP contribution in [0.4, 0.5) is 0 Å². The normalized spacial score (nSPS) is 20.0. The van der Waals surface area contributed by atoms with E-state index in [1.54, 1.807) is 0 Å². The summed E-state index contributed by atoms with van der Waals surface area (Å²) in [5.74, 6) is 0.543. The minimum Gasteiger partial charge on any atom is -0.370 e. The average molecular weight is 224 g/mol. The number of nitrogens with zero attached hydrogens (tertiary/aromatic N) is 1. The van der Waals surface area contributed by atoms with Gasteiger partial charge in [-0.05, 0) is 52.1 Å². The van der Waals surface area contributed by atoms with Crippen molar-refractivity contribution in [3.05, 3.63) is 11.6 Å². The third-order valence-corrected chi connectivity index (χ3v) is 3.47. The molecule has 1 rings (SSSR count). The molecule has 1 saturated heterocycles. The van der Waals surface area contributed by atoms with Gasteiger partial charge >= 0.3 is 0 Å². The van der Waals surface area contributed by atoms with E-state index in [0.717, 1.165) is 26.1 Å². The molecule has 0 aromatic carbocycles. The van der Waals surface area contributed by atoms with Gasteiger partial charge in [0.15, 0.2) is 0 Å². The van der Waals surface area contributed by atoms with Crippen LogP contribution in [0.25, 0.3) is 0 Å². The monoisotopic (exact) mass is 224 g/mol. The molecule has 0 saturated carbocycles. The fourth-order valence-electron chi connectivity index (χ4n) is 2.22. The van der Waals surface area contributed by atoms with Crippen LogP contribution in [0.3, 0.4) is 0 Å². The molecule has 1 heterocycles.